The Hall–Kier alpha value is -2.19. The molecule has 1 fully saturated rings. The molecular formula is C27H35ClFNO5. The third kappa shape index (κ3) is 7.64. The minimum absolute atomic E-state index is 0.000298. The Morgan fingerprint density at radius 2 is 2.11 bits per heavy atom. The van der Waals surface area contributed by atoms with Crippen molar-refractivity contribution in [3.63, 3.8) is 0 Å². The number of β-amino-alcohol motifs (C(OH)–C–C–N with tert-alkyl or cyclic N) is 1. The number of carbonyl (C=O) groups is 1. The van der Waals surface area contributed by atoms with Crippen molar-refractivity contribution in [1.82, 2.24) is 4.90 Å². The molecule has 0 bridgehead atoms. The highest BCUT2D eigenvalue weighted by molar-refractivity contribution is 6.30. The van der Waals surface area contributed by atoms with Crippen LogP contribution in [0.5, 0.6) is 5.75 Å². The van der Waals surface area contributed by atoms with E-state index in [0.717, 1.165) is 36.1 Å². The number of carboxylic acids is 1. The molecule has 0 aliphatic carbocycles. The highest BCUT2D eigenvalue weighted by Gasteiger charge is 2.27. The van der Waals surface area contributed by atoms with Gasteiger partial charge in [-0.05, 0) is 68.0 Å². The van der Waals surface area contributed by atoms with Gasteiger partial charge in [-0.1, -0.05) is 36.7 Å². The highest BCUT2D eigenvalue weighted by Crippen LogP contribution is 2.32. The molecule has 3 atom stereocenters. The van der Waals surface area contributed by atoms with Crippen LogP contribution in [0, 0.1) is 5.82 Å². The Labute approximate surface area is 211 Å². The number of aliphatic hydroxyl groups is 1. The zero-order valence-electron chi connectivity index (χ0n) is 20.4. The van der Waals surface area contributed by atoms with Crippen molar-refractivity contribution < 1.29 is 28.9 Å². The van der Waals surface area contributed by atoms with E-state index in [0.29, 0.717) is 31.6 Å². The van der Waals surface area contributed by atoms with Crippen molar-refractivity contribution in [3.8, 4) is 5.75 Å². The molecule has 2 aromatic carbocycles. The van der Waals surface area contributed by atoms with Crippen LogP contribution in [0.15, 0.2) is 36.4 Å². The van der Waals surface area contributed by atoms with Crippen LogP contribution in [0.2, 0.25) is 5.02 Å². The maximum atomic E-state index is 13.8. The second kappa shape index (κ2) is 13.2. The molecule has 8 heteroatoms. The minimum Gasteiger partial charge on any atom is -0.496 e. The van der Waals surface area contributed by atoms with Crippen molar-refractivity contribution in [3.05, 3.63) is 63.9 Å². The molecule has 1 saturated heterocycles. The molecule has 3 rings (SSSR count). The third-order valence-corrected chi connectivity index (χ3v) is 6.89. The molecule has 0 radical (unpaired) electrons. The SMILES string of the molecule is CC[C@@H](OC[C@H](O)CN1CCC[C@H]1Cc1ccc(Cl)c(F)c1)c1cccc(OC)c1CCC(=O)O. The molecule has 2 aromatic rings. The Morgan fingerprint density at radius 1 is 1.31 bits per heavy atom. The van der Waals surface area contributed by atoms with E-state index in [4.69, 9.17) is 26.2 Å². The number of likely N-dealkylation sites (tertiary alicyclic amines) is 1. The van der Waals surface area contributed by atoms with E-state index in [2.05, 4.69) is 4.90 Å². The van der Waals surface area contributed by atoms with E-state index in [9.17, 15) is 14.3 Å². The normalized spacial score (nSPS) is 17.9. The molecule has 35 heavy (non-hydrogen) atoms. The maximum absolute atomic E-state index is 13.8. The summed E-state index contributed by atoms with van der Waals surface area (Å²) in [6, 6.07) is 10.8. The van der Waals surface area contributed by atoms with E-state index in [1.54, 1.807) is 13.2 Å². The van der Waals surface area contributed by atoms with Gasteiger partial charge < -0.3 is 19.7 Å². The van der Waals surface area contributed by atoms with Crippen LogP contribution in [0.25, 0.3) is 0 Å². The summed E-state index contributed by atoms with van der Waals surface area (Å²) in [4.78, 5) is 13.4. The molecule has 0 spiro atoms. The summed E-state index contributed by atoms with van der Waals surface area (Å²) in [5, 5.41) is 20.0. The van der Waals surface area contributed by atoms with Crippen molar-refractivity contribution in [1.29, 1.82) is 0 Å². The first-order valence-corrected chi connectivity index (χ1v) is 12.5. The lowest BCUT2D eigenvalue weighted by Gasteiger charge is -2.28. The van der Waals surface area contributed by atoms with Crippen LogP contribution in [0.1, 0.15) is 55.4 Å². The second-order valence-electron chi connectivity index (χ2n) is 9.05. The average Bonchev–Trinajstić information content (AvgIpc) is 3.26. The topological polar surface area (TPSA) is 79.2 Å². The van der Waals surface area contributed by atoms with Crippen molar-refractivity contribution in [2.45, 2.75) is 63.7 Å². The largest absolute Gasteiger partial charge is 0.496 e. The number of aliphatic carboxylic acids is 1. The van der Waals surface area contributed by atoms with Crippen molar-refractivity contribution in [2.24, 2.45) is 0 Å². The summed E-state index contributed by atoms with van der Waals surface area (Å²) in [5.74, 6) is -0.634. The fraction of sp³-hybridized carbons (Fsp3) is 0.519. The number of hydrogen-bond acceptors (Lipinski definition) is 5. The van der Waals surface area contributed by atoms with Gasteiger partial charge in [0.25, 0.3) is 0 Å². The molecule has 0 saturated carbocycles. The number of aliphatic hydroxyl groups excluding tert-OH is 1. The zero-order valence-corrected chi connectivity index (χ0v) is 21.1. The number of methoxy groups -OCH3 is 1. The first-order valence-electron chi connectivity index (χ1n) is 12.2. The van der Waals surface area contributed by atoms with Gasteiger partial charge in [0.2, 0.25) is 0 Å². The van der Waals surface area contributed by atoms with Crippen LogP contribution < -0.4 is 4.74 Å². The van der Waals surface area contributed by atoms with Gasteiger partial charge in [0.05, 0.1) is 30.9 Å². The second-order valence-corrected chi connectivity index (χ2v) is 9.46. The summed E-state index contributed by atoms with van der Waals surface area (Å²) >= 11 is 5.80. The number of halogens is 2. The predicted molar refractivity (Wildman–Crippen MR) is 134 cm³/mol. The first-order chi connectivity index (χ1) is 16.8. The van der Waals surface area contributed by atoms with Gasteiger partial charge in [0.15, 0.2) is 0 Å². The molecule has 0 unspecified atom stereocenters. The molecule has 2 N–H and O–H groups in total. The minimum atomic E-state index is -0.868. The molecule has 192 valence electrons. The quantitative estimate of drug-likeness (QED) is 0.395. The van der Waals surface area contributed by atoms with E-state index >= 15 is 0 Å². The third-order valence-electron chi connectivity index (χ3n) is 6.59. The van der Waals surface area contributed by atoms with Crippen LogP contribution in [0.3, 0.4) is 0 Å². The molecule has 6 nitrogen and oxygen atoms in total. The number of benzene rings is 2. The number of carboxylic acid groups (broad SMARTS) is 1. The Kier molecular flexibility index (Phi) is 10.3. The van der Waals surface area contributed by atoms with Gasteiger partial charge >= 0.3 is 5.97 Å². The molecule has 1 aliphatic heterocycles. The van der Waals surface area contributed by atoms with Crippen LogP contribution >= 0.6 is 11.6 Å². The number of nitrogens with zero attached hydrogens (tertiary/aromatic N) is 1. The number of ether oxygens (including phenoxy) is 2. The molecule has 1 aliphatic rings. The van der Waals surface area contributed by atoms with E-state index < -0.39 is 17.9 Å². The van der Waals surface area contributed by atoms with Crippen molar-refractivity contribution in [2.75, 3.05) is 26.8 Å². The van der Waals surface area contributed by atoms with Crippen LogP contribution in [-0.4, -0.2) is 60.0 Å². The maximum Gasteiger partial charge on any atom is 0.303 e. The fourth-order valence-electron chi connectivity index (χ4n) is 4.86. The average molecular weight is 508 g/mol. The smallest absolute Gasteiger partial charge is 0.303 e. The summed E-state index contributed by atoms with van der Waals surface area (Å²) in [7, 11) is 1.57. The van der Waals surface area contributed by atoms with Gasteiger partial charge in [-0.2, -0.15) is 0 Å². The lowest BCUT2D eigenvalue weighted by molar-refractivity contribution is -0.136. The van der Waals surface area contributed by atoms with E-state index in [1.165, 1.54) is 6.07 Å². The summed E-state index contributed by atoms with van der Waals surface area (Å²) < 4.78 is 25.4. The molecular weight excluding hydrogens is 473 g/mol. The van der Waals surface area contributed by atoms with Gasteiger partial charge in [0.1, 0.15) is 11.6 Å². The summed E-state index contributed by atoms with van der Waals surface area (Å²) in [6.07, 6.45) is 2.78. The van der Waals surface area contributed by atoms with Crippen molar-refractivity contribution >= 4 is 17.6 Å². The first kappa shape index (κ1) is 27.4. The Balaban J connectivity index is 1.60. The molecule has 0 amide bonds. The number of rotatable bonds is 13. The molecule has 0 aromatic heterocycles. The zero-order chi connectivity index (χ0) is 25.4. The monoisotopic (exact) mass is 507 g/mol. The predicted octanol–water partition coefficient (Wildman–Crippen LogP) is 5.04. The van der Waals surface area contributed by atoms with Gasteiger partial charge in [0, 0.05) is 24.6 Å². The lowest BCUT2D eigenvalue weighted by Crippen LogP contribution is -2.39. The van der Waals surface area contributed by atoms with Crippen LogP contribution in [0.4, 0.5) is 4.39 Å². The van der Waals surface area contributed by atoms with E-state index in [1.807, 2.05) is 31.2 Å². The fourth-order valence-corrected chi connectivity index (χ4v) is 4.98. The molecule has 1 heterocycles. The summed E-state index contributed by atoms with van der Waals surface area (Å²) in [5.41, 5.74) is 2.62. The number of hydrogen-bond donors (Lipinski definition) is 2. The Bertz CT molecular complexity index is 988. The van der Waals surface area contributed by atoms with Crippen LogP contribution in [-0.2, 0) is 22.4 Å². The highest BCUT2D eigenvalue weighted by atomic mass is 35.5. The van der Waals surface area contributed by atoms with E-state index in [-0.39, 0.29) is 30.2 Å². The standard InChI is InChI=1S/C27H35ClFNO5/c1-3-25(21-7-4-8-26(34-2)22(21)10-12-27(32)33)35-17-20(31)16-30-13-5-6-19(30)14-18-9-11-23(28)24(29)15-18/h4,7-9,11,15,19-20,25,31H,3,5-6,10,12-14,16-17H2,1-2H3,(H,32,33)/t19-,20+,25+/m0/s1. The van der Waals surface area contributed by atoms with Gasteiger partial charge in [-0.25, -0.2) is 4.39 Å². The summed E-state index contributed by atoms with van der Waals surface area (Å²) in [6.45, 7) is 3.51. The Morgan fingerprint density at radius 3 is 2.80 bits per heavy atom. The van der Waals surface area contributed by atoms with Gasteiger partial charge in [-0.15, -0.1) is 0 Å². The van der Waals surface area contributed by atoms with Gasteiger partial charge in [-0.3, -0.25) is 9.69 Å². The lowest BCUT2D eigenvalue weighted by atomic mass is 9.96.